The quantitative estimate of drug-likeness (QED) is 0.685. The fourth-order valence-electron chi connectivity index (χ4n) is 3.48. The van der Waals surface area contributed by atoms with Gasteiger partial charge in [-0.05, 0) is 60.3 Å². The van der Waals surface area contributed by atoms with E-state index in [1.807, 2.05) is 0 Å². The number of likely N-dealkylation sites (N-methyl/N-ethyl adjacent to an activating group) is 1. The second-order valence-corrected chi connectivity index (χ2v) is 7.34. The number of benzene rings is 2. The fourth-order valence-corrected chi connectivity index (χ4v) is 3.48. The molecule has 3 nitrogen and oxygen atoms in total. The third kappa shape index (κ3) is 5.13. The Morgan fingerprint density at radius 2 is 1.63 bits per heavy atom. The van der Waals surface area contributed by atoms with Crippen molar-refractivity contribution in [2.24, 2.45) is 0 Å². The highest BCUT2D eigenvalue weighted by Crippen LogP contribution is 2.38. The molecule has 1 amide bonds. The summed E-state index contributed by atoms with van der Waals surface area (Å²) in [6.07, 6.45) is -8.19. The first kappa shape index (κ1) is 22.1. The van der Waals surface area contributed by atoms with Crippen molar-refractivity contribution in [1.29, 1.82) is 0 Å². The van der Waals surface area contributed by atoms with Gasteiger partial charge in [0.05, 0.1) is 17.2 Å². The van der Waals surface area contributed by atoms with Gasteiger partial charge in [0.15, 0.2) is 0 Å². The van der Waals surface area contributed by atoms with Crippen LogP contribution in [0.2, 0.25) is 0 Å². The molecule has 2 aromatic rings. The van der Waals surface area contributed by atoms with Gasteiger partial charge in [-0.25, -0.2) is 0 Å². The molecule has 0 aliphatic carbocycles. The Morgan fingerprint density at radius 3 is 2.17 bits per heavy atom. The van der Waals surface area contributed by atoms with Crippen LogP contribution < -0.4 is 5.32 Å². The van der Waals surface area contributed by atoms with Crippen LogP contribution in [0.4, 0.5) is 26.3 Å². The van der Waals surface area contributed by atoms with Crippen LogP contribution in [0.1, 0.15) is 29.5 Å². The molecule has 0 aromatic heterocycles. The average molecular weight is 430 g/mol. The molecule has 1 saturated heterocycles. The molecule has 0 radical (unpaired) electrons. The van der Waals surface area contributed by atoms with E-state index in [0.29, 0.717) is 17.7 Å². The Kier molecular flexibility index (Phi) is 6.12. The van der Waals surface area contributed by atoms with Gasteiger partial charge in [-0.15, -0.1) is 0 Å². The van der Waals surface area contributed by atoms with E-state index >= 15 is 0 Å². The second-order valence-electron chi connectivity index (χ2n) is 7.34. The summed E-state index contributed by atoms with van der Waals surface area (Å²) >= 11 is 0. The summed E-state index contributed by atoms with van der Waals surface area (Å²) in [7, 11) is 1.61. The lowest BCUT2D eigenvalue weighted by atomic mass is 9.97. The molecule has 1 aliphatic rings. The Labute approximate surface area is 169 Å². The van der Waals surface area contributed by atoms with Crippen LogP contribution in [0.15, 0.2) is 42.5 Å². The predicted octanol–water partition coefficient (Wildman–Crippen LogP) is 5.10. The van der Waals surface area contributed by atoms with Crippen molar-refractivity contribution in [3.63, 3.8) is 0 Å². The number of nitrogens with one attached hydrogen (secondary N) is 1. The maximum atomic E-state index is 13.1. The zero-order valence-electron chi connectivity index (χ0n) is 16.1. The summed E-state index contributed by atoms with van der Waals surface area (Å²) in [6.45, 7) is 0.951. The molecule has 1 unspecified atom stereocenters. The van der Waals surface area contributed by atoms with E-state index in [0.717, 1.165) is 19.4 Å². The normalized spacial score (nSPS) is 17.2. The number of nitrogens with zero attached hydrogens (tertiary/aromatic N) is 1. The van der Waals surface area contributed by atoms with Crippen molar-refractivity contribution in [3.8, 4) is 11.1 Å². The monoisotopic (exact) mass is 430 g/mol. The van der Waals surface area contributed by atoms with E-state index in [1.54, 1.807) is 19.2 Å². The van der Waals surface area contributed by atoms with Crippen LogP contribution in [0, 0.1) is 0 Å². The third-order valence-electron chi connectivity index (χ3n) is 5.00. The molecular formula is C21H20F6N2O. The molecular weight excluding hydrogens is 410 g/mol. The molecule has 9 heteroatoms. The molecule has 1 atom stereocenters. The molecule has 3 rings (SSSR count). The van der Waals surface area contributed by atoms with Crippen LogP contribution >= 0.6 is 0 Å². The highest BCUT2D eigenvalue weighted by Gasteiger charge is 2.37. The molecule has 1 N–H and O–H groups in total. The van der Waals surface area contributed by atoms with Crippen molar-refractivity contribution >= 4 is 5.91 Å². The van der Waals surface area contributed by atoms with Gasteiger partial charge in [-0.2, -0.15) is 26.3 Å². The number of carbonyl (C=O) groups excluding carboxylic acids is 1. The standard InChI is InChI=1S/C21H20F6N2O/c1-29(19(30)18-6-3-7-28-18)12-13-4-2-5-14(8-13)15-9-16(20(22,23)24)11-17(10-15)21(25,26)27/h2,4-5,8-11,18,28H,3,6-7,12H2,1H3. The molecule has 1 heterocycles. The summed E-state index contributed by atoms with van der Waals surface area (Å²) in [5.41, 5.74) is -2.10. The Hall–Kier alpha value is -2.55. The number of amides is 1. The zero-order chi connectivity index (χ0) is 22.1. The lowest BCUT2D eigenvalue weighted by Crippen LogP contribution is -2.41. The van der Waals surface area contributed by atoms with Crippen molar-refractivity contribution in [3.05, 3.63) is 59.2 Å². The lowest BCUT2D eigenvalue weighted by Gasteiger charge is -2.21. The molecule has 30 heavy (non-hydrogen) atoms. The number of alkyl halides is 6. The highest BCUT2D eigenvalue weighted by molar-refractivity contribution is 5.82. The second kappa shape index (κ2) is 8.29. The van der Waals surface area contributed by atoms with Gasteiger partial charge in [0.2, 0.25) is 5.91 Å². The van der Waals surface area contributed by atoms with Crippen LogP contribution in [0.5, 0.6) is 0 Å². The molecule has 2 aromatic carbocycles. The van der Waals surface area contributed by atoms with Crippen LogP contribution in [0.3, 0.4) is 0 Å². The van der Waals surface area contributed by atoms with Gasteiger partial charge in [-0.3, -0.25) is 4.79 Å². The van der Waals surface area contributed by atoms with E-state index in [4.69, 9.17) is 0 Å². The van der Waals surface area contributed by atoms with Gasteiger partial charge < -0.3 is 10.2 Å². The molecule has 0 saturated carbocycles. The Balaban J connectivity index is 1.90. The summed E-state index contributed by atoms with van der Waals surface area (Å²) in [5.74, 6) is -0.101. The average Bonchev–Trinajstić information content (AvgIpc) is 3.20. The van der Waals surface area contributed by atoms with E-state index < -0.39 is 23.5 Å². The van der Waals surface area contributed by atoms with Crippen molar-refractivity contribution in [2.45, 2.75) is 37.8 Å². The number of hydrogen-bond donors (Lipinski definition) is 1. The van der Waals surface area contributed by atoms with E-state index in [9.17, 15) is 31.1 Å². The summed E-state index contributed by atoms with van der Waals surface area (Å²) in [5, 5.41) is 3.10. The van der Waals surface area contributed by atoms with E-state index in [2.05, 4.69) is 5.32 Å². The number of halogens is 6. The Bertz CT molecular complexity index is 884. The summed E-state index contributed by atoms with van der Waals surface area (Å²) in [6, 6.07) is 7.40. The minimum atomic E-state index is -4.91. The van der Waals surface area contributed by atoms with Gasteiger partial charge in [0, 0.05) is 13.6 Å². The molecule has 1 fully saturated rings. The predicted molar refractivity (Wildman–Crippen MR) is 99.4 cm³/mol. The van der Waals surface area contributed by atoms with Gasteiger partial charge in [0.1, 0.15) is 0 Å². The van der Waals surface area contributed by atoms with Gasteiger partial charge in [-0.1, -0.05) is 18.2 Å². The van der Waals surface area contributed by atoms with Crippen molar-refractivity contribution in [1.82, 2.24) is 10.2 Å². The van der Waals surface area contributed by atoms with Crippen LogP contribution in [-0.2, 0) is 23.7 Å². The van der Waals surface area contributed by atoms with Crippen LogP contribution in [0.25, 0.3) is 11.1 Å². The van der Waals surface area contributed by atoms with E-state index in [-0.39, 0.29) is 35.7 Å². The molecule has 0 spiro atoms. The van der Waals surface area contributed by atoms with Gasteiger partial charge >= 0.3 is 12.4 Å². The largest absolute Gasteiger partial charge is 0.416 e. The maximum absolute atomic E-state index is 13.1. The number of carbonyl (C=O) groups is 1. The fraction of sp³-hybridized carbons (Fsp3) is 0.381. The first-order valence-electron chi connectivity index (χ1n) is 9.32. The SMILES string of the molecule is CN(Cc1cccc(-c2cc(C(F)(F)F)cc(C(F)(F)F)c2)c1)C(=O)C1CCCN1. The molecule has 1 aliphatic heterocycles. The highest BCUT2D eigenvalue weighted by atomic mass is 19.4. The Morgan fingerprint density at radius 1 is 1.00 bits per heavy atom. The van der Waals surface area contributed by atoms with Gasteiger partial charge in [0.25, 0.3) is 0 Å². The maximum Gasteiger partial charge on any atom is 0.416 e. The van der Waals surface area contributed by atoms with E-state index in [1.165, 1.54) is 17.0 Å². The first-order valence-corrected chi connectivity index (χ1v) is 9.32. The minimum Gasteiger partial charge on any atom is -0.340 e. The smallest absolute Gasteiger partial charge is 0.340 e. The third-order valence-corrected chi connectivity index (χ3v) is 5.00. The number of rotatable bonds is 4. The zero-order valence-corrected chi connectivity index (χ0v) is 16.1. The minimum absolute atomic E-state index is 0.101. The molecule has 162 valence electrons. The molecule has 0 bridgehead atoms. The van der Waals surface area contributed by atoms with Crippen molar-refractivity contribution < 1.29 is 31.1 Å². The topological polar surface area (TPSA) is 32.3 Å². The lowest BCUT2D eigenvalue weighted by molar-refractivity contribution is -0.143. The first-order chi connectivity index (χ1) is 13.9. The summed E-state index contributed by atoms with van der Waals surface area (Å²) in [4.78, 5) is 13.9. The number of hydrogen-bond acceptors (Lipinski definition) is 2. The van der Waals surface area contributed by atoms with Crippen LogP contribution in [-0.4, -0.2) is 30.4 Å². The van der Waals surface area contributed by atoms with Crippen molar-refractivity contribution in [2.75, 3.05) is 13.6 Å². The summed E-state index contributed by atoms with van der Waals surface area (Å²) < 4.78 is 78.7.